The molecule has 24 heavy (non-hydrogen) atoms. The van der Waals surface area contributed by atoms with Crippen LogP contribution in [0.4, 0.5) is 0 Å². The van der Waals surface area contributed by atoms with Crippen LogP contribution in [-0.2, 0) is 14.8 Å². The Morgan fingerprint density at radius 2 is 2.00 bits per heavy atom. The predicted octanol–water partition coefficient (Wildman–Crippen LogP) is 1.96. The lowest BCUT2D eigenvalue weighted by Crippen LogP contribution is -2.45. The molecule has 3 rings (SSSR count). The summed E-state index contributed by atoms with van der Waals surface area (Å²) in [5.41, 5.74) is 0. The van der Waals surface area contributed by atoms with E-state index in [2.05, 4.69) is 11.6 Å². The molecule has 7 heteroatoms. The van der Waals surface area contributed by atoms with Crippen molar-refractivity contribution in [1.82, 2.24) is 9.62 Å². The number of carbonyl (C=O) groups excluding carboxylic acids is 1. The third-order valence-electron chi connectivity index (χ3n) is 4.70. The van der Waals surface area contributed by atoms with E-state index in [0.717, 1.165) is 12.0 Å². The lowest BCUT2D eigenvalue weighted by atomic mass is 10.1. The zero-order valence-electron chi connectivity index (χ0n) is 14.1. The summed E-state index contributed by atoms with van der Waals surface area (Å²) in [6, 6.07) is 3.80. The average molecular weight is 352 g/mol. The number of carbonyl (C=O) groups is 1. The number of furan rings is 1. The summed E-state index contributed by atoms with van der Waals surface area (Å²) >= 11 is 0. The molecule has 1 aliphatic heterocycles. The number of nitrogens with one attached hydrogen (secondary N) is 1. The fraction of sp³-hybridized carbons (Fsp3) is 0.588. The molecular weight excluding hydrogens is 328 g/mol. The zero-order valence-corrected chi connectivity index (χ0v) is 14.9. The minimum Gasteiger partial charge on any atom is -0.461 e. The van der Waals surface area contributed by atoms with Gasteiger partial charge in [0.2, 0.25) is 15.9 Å². The van der Waals surface area contributed by atoms with Crippen LogP contribution in [-0.4, -0.2) is 44.6 Å². The van der Waals surface area contributed by atoms with E-state index in [1.807, 2.05) is 12.1 Å². The number of nitrogens with zero attached hydrogens (tertiary/aromatic N) is 1. The van der Waals surface area contributed by atoms with Crippen molar-refractivity contribution in [2.24, 2.45) is 5.92 Å². The van der Waals surface area contributed by atoms with Crippen molar-refractivity contribution in [3.63, 3.8) is 0 Å². The number of hydrogen-bond donors (Lipinski definition) is 1. The van der Waals surface area contributed by atoms with Crippen LogP contribution < -0.4 is 4.72 Å². The first-order chi connectivity index (χ1) is 11.3. The van der Waals surface area contributed by atoms with E-state index in [4.69, 9.17) is 4.42 Å². The molecule has 0 spiro atoms. The fourth-order valence-electron chi connectivity index (χ4n) is 3.16. The number of amides is 1. The van der Waals surface area contributed by atoms with Crippen molar-refractivity contribution in [3.05, 3.63) is 29.7 Å². The number of hydrogen-bond acceptors (Lipinski definition) is 4. The molecule has 1 saturated heterocycles. The summed E-state index contributed by atoms with van der Waals surface area (Å²) in [6.07, 6.45) is 6.84. The standard InChI is InChI=1S/C17H24N2O4S/c1-12-11-15(12)16-5-3-14(23-16)4-6-17(20)19-9-7-13(8-10-19)18-24(2,21)22/h3-6,12-13,15,18H,7-11H2,1-2H3/b6-4+/t12-,15-/m1/s1. The highest BCUT2D eigenvalue weighted by atomic mass is 32.2. The molecule has 1 amide bonds. The van der Waals surface area contributed by atoms with E-state index >= 15 is 0 Å². The van der Waals surface area contributed by atoms with Crippen LogP contribution in [0.3, 0.4) is 0 Å². The number of piperidine rings is 1. The molecule has 1 N–H and O–H groups in total. The van der Waals surface area contributed by atoms with Crippen LogP contribution in [0.5, 0.6) is 0 Å². The van der Waals surface area contributed by atoms with Crippen molar-refractivity contribution in [2.75, 3.05) is 19.3 Å². The van der Waals surface area contributed by atoms with Crippen LogP contribution >= 0.6 is 0 Å². The van der Waals surface area contributed by atoms with Gasteiger partial charge in [0.15, 0.2) is 0 Å². The molecular formula is C17H24N2O4S. The molecule has 1 aromatic rings. The second-order valence-electron chi connectivity index (χ2n) is 6.88. The summed E-state index contributed by atoms with van der Waals surface area (Å²) in [7, 11) is -3.19. The third-order valence-corrected chi connectivity index (χ3v) is 5.46. The Bertz CT molecular complexity index is 730. The maximum Gasteiger partial charge on any atom is 0.246 e. The summed E-state index contributed by atoms with van der Waals surface area (Å²) in [4.78, 5) is 14.0. The predicted molar refractivity (Wildman–Crippen MR) is 91.8 cm³/mol. The van der Waals surface area contributed by atoms with Crippen LogP contribution in [0.2, 0.25) is 0 Å². The van der Waals surface area contributed by atoms with Crippen LogP contribution in [0, 0.1) is 5.92 Å². The highest BCUT2D eigenvalue weighted by Crippen LogP contribution is 2.47. The smallest absolute Gasteiger partial charge is 0.246 e. The van der Waals surface area contributed by atoms with Gasteiger partial charge < -0.3 is 9.32 Å². The van der Waals surface area contributed by atoms with E-state index in [0.29, 0.717) is 43.5 Å². The minimum absolute atomic E-state index is 0.0643. The van der Waals surface area contributed by atoms with E-state index in [-0.39, 0.29) is 11.9 Å². The van der Waals surface area contributed by atoms with Gasteiger partial charge in [0.05, 0.1) is 6.26 Å². The highest BCUT2D eigenvalue weighted by Gasteiger charge is 2.36. The van der Waals surface area contributed by atoms with E-state index < -0.39 is 10.0 Å². The molecule has 1 saturated carbocycles. The first-order valence-corrected chi connectivity index (χ1v) is 10.2. The van der Waals surface area contributed by atoms with Crippen LogP contribution in [0.1, 0.15) is 43.6 Å². The molecule has 1 aromatic heterocycles. The fourth-order valence-corrected chi connectivity index (χ4v) is 4.00. The van der Waals surface area contributed by atoms with Gasteiger partial charge in [0, 0.05) is 31.1 Å². The van der Waals surface area contributed by atoms with Gasteiger partial charge in [-0.15, -0.1) is 0 Å². The van der Waals surface area contributed by atoms with Gasteiger partial charge in [-0.3, -0.25) is 4.79 Å². The quantitative estimate of drug-likeness (QED) is 0.822. The number of likely N-dealkylation sites (tertiary alicyclic amines) is 1. The molecule has 0 radical (unpaired) electrons. The molecule has 2 fully saturated rings. The van der Waals surface area contributed by atoms with E-state index in [1.54, 1.807) is 11.0 Å². The van der Waals surface area contributed by atoms with Gasteiger partial charge >= 0.3 is 0 Å². The molecule has 2 atom stereocenters. The third kappa shape index (κ3) is 4.48. The zero-order chi connectivity index (χ0) is 17.3. The first-order valence-electron chi connectivity index (χ1n) is 8.36. The highest BCUT2D eigenvalue weighted by molar-refractivity contribution is 7.88. The Morgan fingerprint density at radius 1 is 1.33 bits per heavy atom. The minimum atomic E-state index is -3.19. The molecule has 132 valence electrons. The Hall–Kier alpha value is -1.60. The molecule has 2 aliphatic rings. The van der Waals surface area contributed by atoms with Gasteiger partial charge in [0.25, 0.3) is 0 Å². The van der Waals surface area contributed by atoms with Crippen molar-refractivity contribution >= 4 is 22.0 Å². The largest absolute Gasteiger partial charge is 0.461 e. The van der Waals surface area contributed by atoms with Crippen LogP contribution in [0.15, 0.2) is 22.6 Å². The summed E-state index contributed by atoms with van der Waals surface area (Å²) in [5, 5.41) is 0. The summed E-state index contributed by atoms with van der Waals surface area (Å²) < 4.78 is 30.8. The Kier molecular flexibility index (Phi) is 4.83. The van der Waals surface area contributed by atoms with Gasteiger partial charge in [0.1, 0.15) is 11.5 Å². The number of rotatable bonds is 5. The van der Waals surface area contributed by atoms with Gasteiger partial charge in [-0.2, -0.15) is 0 Å². The molecule has 2 heterocycles. The second kappa shape index (κ2) is 6.72. The lowest BCUT2D eigenvalue weighted by Gasteiger charge is -2.31. The SMILES string of the molecule is C[C@@H]1C[C@H]1c1ccc(/C=C/C(=O)N2CCC(NS(C)(=O)=O)CC2)o1. The summed E-state index contributed by atoms with van der Waals surface area (Å²) in [5.74, 6) is 2.86. The van der Waals surface area contributed by atoms with E-state index in [1.165, 1.54) is 12.5 Å². The van der Waals surface area contributed by atoms with Gasteiger partial charge in [-0.25, -0.2) is 13.1 Å². The van der Waals surface area contributed by atoms with Crippen molar-refractivity contribution in [1.29, 1.82) is 0 Å². The monoisotopic (exact) mass is 352 g/mol. The maximum absolute atomic E-state index is 12.2. The van der Waals surface area contributed by atoms with Gasteiger partial charge in [-0.1, -0.05) is 6.92 Å². The first kappa shape index (κ1) is 17.2. The van der Waals surface area contributed by atoms with Crippen molar-refractivity contribution < 1.29 is 17.6 Å². The molecule has 6 nitrogen and oxygen atoms in total. The lowest BCUT2D eigenvalue weighted by molar-refractivity contribution is -0.126. The molecule has 0 unspecified atom stereocenters. The topological polar surface area (TPSA) is 79.6 Å². The Morgan fingerprint density at radius 3 is 2.58 bits per heavy atom. The second-order valence-corrected chi connectivity index (χ2v) is 8.66. The molecule has 0 aromatic carbocycles. The van der Waals surface area contributed by atoms with Crippen LogP contribution in [0.25, 0.3) is 6.08 Å². The molecule has 0 bridgehead atoms. The van der Waals surface area contributed by atoms with E-state index in [9.17, 15) is 13.2 Å². The summed E-state index contributed by atoms with van der Waals surface area (Å²) in [6.45, 7) is 3.31. The van der Waals surface area contributed by atoms with Gasteiger partial charge in [-0.05, 0) is 43.4 Å². The normalized spacial score (nSPS) is 25.3. The molecule has 1 aliphatic carbocycles. The average Bonchev–Trinajstić information content (AvgIpc) is 3.06. The Labute approximate surface area is 143 Å². The Balaban J connectivity index is 1.49. The van der Waals surface area contributed by atoms with Crippen molar-refractivity contribution in [3.8, 4) is 0 Å². The maximum atomic E-state index is 12.2. The number of sulfonamides is 1. The van der Waals surface area contributed by atoms with Crippen molar-refractivity contribution in [2.45, 2.75) is 38.1 Å².